The maximum absolute atomic E-state index is 11.6. The van der Waals surface area contributed by atoms with Gasteiger partial charge in [-0.15, -0.1) is 0 Å². The lowest BCUT2D eigenvalue weighted by molar-refractivity contribution is -0.125. The molecule has 4 heteroatoms. The fraction of sp³-hybridized carbons (Fsp3) is 0.533. The first-order chi connectivity index (χ1) is 9.27. The number of rotatable bonds is 5. The van der Waals surface area contributed by atoms with Crippen LogP contribution in [0.3, 0.4) is 0 Å². The molecule has 1 aromatic carbocycles. The van der Waals surface area contributed by atoms with Crippen LogP contribution in [0.5, 0.6) is 0 Å². The highest BCUT2D eigenvalue weighted by molar-refractivity contribution is 5.77. The molecule has 1 heterocycles. The van der Waals surface area contributed by atoms with Crippen LogP contribution in [-0.2, 0) is 19.7 Å². The van der Waals surface area contributed by atoms with Crippen LogP contribution in [0.2, 0.25) is 0 Å². The Kier molecular flexibility index (Phi) is 4.93. The van der Waals surface area contributed by atoms with E-state index >= 15 is 0 Å². The van der Waals surface area contributed by atoms with E-state index in [0.717, 1.165) is 26.1 Å². The molecule has 0 atom stereocenters. The Morgan fingerprint density at radius 3 is 2.63 bits per heavy atom. The third kappa shape index (κ3) is 3.55. The second-order valence-electron chi connectivity index (χ2n) is 4.97. The van der Waals surface area contributed by atoms with E-state index in [2.05, 4.69) is 17.4 Å². The average Bonchev–Trinajstić information content (AvgIpc) is 2.47. The quantitative estimate of drug-likeness (QED) is 0.875. The van der Waals surface area contributed by atoms with E-state index < -0.39 is 0 Å². The fourth-order valence-electron chi connectivity index (χ4n) is 2.57. The summed E-state index contributed by atoms with van der Waals surface area (Å²) in [6.07, 6.45) is 1.87. The molecule has 1 amide bonds. The van der Waals surface area contributed by atoms with E-state index in [1.165, 1.54) is 12.7 Å². The third-order valence-corrected chi connectivity index (χ3v) is 3.74. The Balaban J connectivity index is 2.09. The van der Waals surface area contributed by atoms with Crippen molar-refractivity contribution in [2.24, 2.45) is 0 Å². The van der Waals surface area contributed by atoms with E-state index in [1.807, 2.05) is 18.2 Å². The summed E-state index contributed by atoms with van der Waals surface area (Å²) in [6, 6.07) is 10.4. The van der Waals surface area contributed by atoms with Gasteiger partial charge in [0.15, 0.2) is 0 Å². The number of carbonyl (C=O) groups is 1. The lowest BCUT2D eigenvalue weighted by Crippen LogP contribution is -2.45. The Morgan fingerprint density at radius 1 is 1.32 bits per heavy atom. The smallest absolute Gasteiger partial charge is 0.246 e. The highest BCUT2D eigenvalue weighted by Crippen LogP contribution is 2.34. The summed E-state index contributed by atoms with van der Waals surface area (Å²) in [5, 5.41) is 2.97. The van der Waals surface area contributed by atoms with Crippen LogP contribution in [0.4, 0.5) is 0 Å². The molecule has 1 saturated heterocycles. The van der Waals surface area contributed by atoms with Gasteiger partial charge in [-0.25, -0.2) is 0 Å². The molecule has 19 heavy (non-hydrogen) atoms. The van der Waals surface area contributed by atoms with Crippen LogP contribution in [0.25, 0.3) is 0 Å². The molecular formula is C15H21NO3. The summed E-state index contributed by atoms with van der Waals surface area (Å²) in [5.74, 6) is -0.0655. The minimum atomic E-state index is -0.0655. The zero-order valence-electron chi connectivity index (χ0n) is 11.4. The van der Waals surface area contributed by atoms with Gasteiger partial charge >= 0.3 is 0 Å². The lowest BCUT2D eigenvalue weighted by Gasteiger charge is -2.38. The first kappa shape index (κ1) is 14.0. The second kappa shape index (κ2) is 6.68. The average molecular weight is 263 g/mol. The fourth-order valence-corrected chi connectivity index (χ4v) is 2.57. The van der Waals surface area contributed by atoms with Crippen molar-refractivity contribution >= 4 is 5.91 Å². The number of nitrogens with one attached hydrogen (secondary N) is 1. The standard InChI is InChI=1S/C15H21NO3/c1-18-11-14(17)16-12-15(7-9-19-10-8-15)13-5-3-2-4-6-13/h2-6H,7-12H2,1H3,(H,16,17). The number of hydrogen-bond acceptors (Lipinski definition) is 3. The molecule has 1 aliphatic heterocycles. The molecule has 0 radical (unpaired) electrons. The lowest BCUT2D eigenvalue weighted by atomic mass is 9.74. The number of ether oxygens (including phenoxy) is 2. The molecule has 0 aliphatic carbocycles. The van der Waals surface area contributed by atoms with Crippen LogP contribution in [0.1, 0.15) is 18.4 Å². The van der Waals surface area contributed by atoms with E-state index in [4.69, 9.17) is 9.47 Å². The Morgan fingerprint density at radius 2 is 2.00 bits per heavy atom. The molecule has 0 spiro atoms. The van der Waals surface area contributed by atoms with Gasteiger partial charge in [0.25, 0.3) is 0 Å². The van der Waals surface area contributed by atoms with Crippen molar-refractivity contribution in [2.75, 3.05) is 33.5 Å². The molecule has 0 unspecified atom stereocenters. The Labute approximate surface area is 114 Å². The third-order valence-electron chi connectivity index (χ3n) is 3.74. The summed E-state index contributed by atoms with van der Waals surface area (Å²) < 4.78 is 10.3. The predicted molar refractivity (Wildman–Crippen MR) is 73.1 cm³/mol. The van der Waals surface area contributed by atoms with Gasteiger partial charge in [0.05, 0.1) is 0 Å². The van der Waals surface area contributed by atoms with E-state index in [1.54, 1.807) is 0 Å². The van der Waals surface area contributed by atoms with Crippen molar-refractivity contribution in [2.45, 2.75) is 18.3 Å². The molecule has 104 valence electrons. The van der Waals surface area contributed by atoms with Crippen molar-refractivity contribution in [3.63, 3.8) is 0 Å². The zero-order valence-corrected chi connectivity index (χ0v) is 11.4. The normalized spacial score (nSPS) is 17.9. The monoisotopic (exact) mass is 263 g/mol. The largest absolute Gasteiger partial charge is 0.381 e. The van der Waals surface area contributed by atoms with Crippen LogP contribution in [0.15, 0.2) is 30.3 Å². The van der Waals surface area contributed by atoms with E-state index in [0.29, 0.717) is 6.54 Å². The number of amides is 1. The van der Waals surface area contributed by atoms with Crippen LogP contribution in [-0.4, -0.2) is 39.4 Å². The number of benzene rings is 1. The minimum absolute atomic E-state index is 0.0110. The Bertz CT molecular complexity index is 399. The van der Waals surface area contributed by atoms with Crippen LogP contribution < -0.4 is 5.32 Å². The molecule has 1 aromatic rings. The van der Waals surface area contributed by atoms with Gasteiger partial charge in [0.2, 0.25) is 5.91 Å². The molecular weight excluding hydrogens is 242 g/mol. The number of methoxy groups -OCH3 is 1. The van der Waals surface area contributed by atoms with Gasteiger partial charge < -0.3 is 14.8 Å². The summed E-state index contributed by atoms with van der Waals surface area (Å²) in [6.45, 7) is 2.24. The molecule has 1 aliphatic rings. The molecule has 2 rings (SSSR count). The molecule has 4 nitrogen and oxygen atoms in total. The summed E-state index contributed by atoms with van der Waals surface area (Å²) in [7, 11) is 1.53. The predicted octanol–water partition coefficient (Wildman–Crippen LogP) is 1.50. The molecule has 0 bridgehead atoms. The SMILES string of the molecule is COCC(=O)NCC1(c2ccccc2)CCOCC1. The van der Waals surface area contributed by atoms with Crippen LogP contribution in [0, 0.1) is 0 Å². The highest BCUT2D eigenvalue weighted by Gasteiger charge is 2.34. The van der Waals surface area contributed by atoms with Crippen molar-refractivity contribution < 1.29 is 14.3 Å². The first-order valence-corrected chi connectivity index (χ1v) is 6.66. The summed E-state index contributed by atoms with van der Waals surface area (Å²) in [5.41, 5.74) is 1.26. The summed E-state index contributed by atoms with van der Waals surface area (Å²) >= 11 is 0. The molecule has 1 N–H and O–H groups in total. The van der Waals surface area contributed by atoms with E-state index in [-0.39, 0.29) is 17.9 Å². The van der Waals surface area contributed by atoms with Gasteiger partial charge in [-0.1, -0.05) is 30.3 Å². The first-order valence-electron chi connectivity index (χ1n) is 6.66. The van der Waals surface area contributed by atoms with E-state index in [9.17, 15) is 4.79 Å². The van der Waals surface area contributed by atoms with Gasteiger partial charge in [0.1, 0.15) is 6.61 Å². The van der Waals surface area contributed by atoms with Crippen molar-refractivity contribution in [3.05, 3.63) is 35.9 Å². The molecule has 1 fully saturated rings. The van der Waals surface area contributed by atoms with Crippen molar-refractivity contribution in [3.8, 4) is 0 Å². The zero-order chi connectivity index (χ0) is 13.6. The maximum Gasteiger partial charge on any atom is 0.246 e. The summed E-state index contributed by atoms with van der Waals surface area (Å²) in [4.78, 5) is 11.6. The second-order valence-corrected chi connectivity index (χ2v) is 4.97. The number of hydrogen-bond donors (Lipinski definition) is 1. The topological polar surface area (TPSA) is 47.6 Å². The number of carbonyl (C=O) groups excluding carboxylic acids is 1. The minimum Gasteiger partial charge on any atom is -0.381 e. The van der Waals surface area contributed by atoms with Crippen molar-refractivity contribution in [1.82, 2.24) is 5.32 Å². The Hall–Kier alpha value is -1.39. The van der Waals surface area contributed by atoms with Gasteiger partial charge in [-0.3, -0.25) is 4.79 Å². The van der Waals surface area contributed by atoms with Crippen LogP contribution >= 0.6 is 0 Å². The maximum atomic E-state index is 11.6. The molecule has 0 aromatic heterocycles. The molecule has 0 saturated carbocycles. The highest BCUT2D eigenvalue weighted by atomic mass is 16.5. The van der Waals surface area contributed by atoms with Gasteiger partial charge in [0, 0.05) is 32.3 Å². The van der Waals surface area contributed by atoms with Gasteiger partial charge in [-0.05, 0) is 18.4 Å². The van der Waals surface area contributed by atoms with Gasteiger partial charge in [-0.2, -0.15) is 0 Å². The van der Waals surface area contributed by atoms with Crippen molar-refractivity contribution in [1.29, 1.82) is 0 Å².